The van der Waals surface area contributed by atoms with Crippen molar-refractivity contribution in [1.82, 2.24) is 10.0 Å². The minimum absolute atomic E-state index is 0.0847. The zero-order valence-corrected chi connectivity index (χ0v) is 17.6. The van der Waals surface area contributed by atoms with E-state index in [0.717, 1.165) is 11.1 Å². The van der Waals surface area contributed by atoms with Gasteiger partial charge in [-0.3, -0.25) is 4.79 Å². The molecule has 0 aliphatic heterocycles. The molecule has 0 aromatic heterocycles. The van der Waals surface area contributed by atoms with Gasteiger partial charge < -0.3 is 14.8 Å². The van der Waals surface area contributed by atoms with Gasteiger partial charge in [-0.1, -0.05) is 42.5 Å². The first-order valence-electron chi connectivity index (χ1n) is 9.06. The van der Waals surface area contributed by atoms with Crippen molar-refractivity contribution >= 4 is 22.0 Å². The van der Waals surface area contributed by atoms with Crippen LogP contribution in [0.4, 0.5) is 0 Å². The number of hydrogen-bond acceptors (Lipinski definition) is 5. The van der Waals surface area contributed by atoms with E-state index in [0.29, 0.717) is 23.6 Å². The summed E-state index contributed by atoms with van der Waals surface area (Å²) in [5.74, 6) is 0.691. The van der Waals surface area contributed by atoms with Gasteiger partial charge in [-0.05, 0) is 42.8 Å². The molecule has 29 heavy (non-hydrogen) atoms. The van der Waals surface area contributed by atoms with Crippen molar-refractivity contribution in [2.75, 3.05) is 20.8 Å². The molecule has 2 N–H and O–H groups in total. The summed E-state index contributed by atoms with van der Waals surface area (Å²) >= 11 is 0. The molecule has 2 rings (SSSR count). The standard InChI is InChI=1S/C21H26N2O5S/c1-4-5-16-10-11-19(20(12-16)27-3)28-14-21(24)23-13-17-6-8-18(9-7-17)15-29(25,26)22-2/h4-12,22H,13-15H2,1-3H3,(H,23,24). The van der Waals surface area contributed by atoms with Crippen molar-refractivity contribution in [3.05, 3.63) is 65.2 Å². The van der Waals surface area contributed by atoms with Crippen molar-refractivity contribution in [1.29, 1.82) is 0 Å². The van der Waals surface area contributed by atoms with Gasteiger partial charge in [-0.2, -0.15) is 0 Å². The molecule has 2 aromatic carbocycles. The van der Waals surface area contributed by atoms with Crippen molar-refractivity contribution in [3.8, 4) is 11.5 Å². The number of ether oxygens (including phenoxy) is 2. The summed E-state index contributed by atoms with van der Waals surface area (Å²) in [6, 6.07) is 12.5. The fourth-order valence-corrected chi connectivity index (χ4v) is 3.32. The molecule has 0 fully saturated rings. The maximum absolute atomic E-state index is 12.1. The van der Waals surface area contributed by atoms with E-state index in [1.165, 1.54) is 7.05 Å². The van der Waals surface area contributed by atoms with Crippen LogP contribution in [0.1, 0.15) is 23.6 Å². The van der Waals surface area contributed by atoms with Crippen LogP contribution >= 0.6 is 0 Å². The molecule has 0 aliphatic rings. The van der Waals surface area contributed by atoms with E-state index in [2.05, 4.69) is 10.0 Å². The Kier molecular flexibility index (Phi) is 8.23. The SMILES string of the molecule is CC=Cc1ccc(OCC(=O)NCc2ccc(CS(=O)(=O)NC)cc2)c(OC)c1. The van der Waals surface area contributed by atoms with Crippen LogP contribution in [0, 0.1) is 0 Å². The van der Waals surface area contributed by atoms with Gasteiger partial charge in [0, 0.05) is 6.54 Å². The van der Waals surface area contributed by atoms with Crippen molar-refractivity contribution in [2.24, 2.45) is 0 Å². The predicted octanol–water partition coefficient (Wildman–Crippen LogP) is 2.47. The highest BCUT2D eigenvalue weighted by Crippen LogP contribution is 2.28. The molecule has 2 aromatic rings. The number of benzene rings is 2. The van der Waals surface area contributed by atoms with Crippen LogP contribution in [0.2, 0.25) is 0 Å². The number of amides is 1. The van der Waals surface area contributed by atoms with Crippen LogP contribution in [0.15, 0.2) is 48.5 Å². The average Bonchev–Trinajstić information content (AvgIpc) is 2.72. The molecule has 0 saturated carbocycles. The first-order valence-corrected chi connectivity index (χ1v) is 10.7. The summed E-state index contributed by atoms with van der Waals surface area (Å²) in [5, 5.41) is 2.77. The Bertz CT molecular complexity index is 954. The predicted molar refractivity (Wildman–Crippen MR) is 113 cm³/mol. The molecule has 0 bridgehead atoms. The summed E-state index contributed by atoms with van der Waals surface area (Å²) in [4.78, 5) is 12.1. The number of rotatable bonds is 10. The number of nitrogens with one attached hydrogen (secondary N) is 2. The van der Waals surface area contributed by atoms with Crippen molar-refractivity contribution in [2.45, 2.75) is 19.2 Å². The molecule has 0 radical (unpaired) electrons. The topological polar surface area (TPSA) is 93.7 Å². The van der Waals surface area contributed by atoms with Gasteiger partial charge in [0.15, 0.2) is 18.1 Å². The van der Waals surface area contributed by atoms with Gasteiger partial charge >= 0.3 is 0 Å². The Morgan fingerprint density at radius 3 is 2.38 bits per heavy atom. The number of carbonyl (C=O) groups is 1. The lowest BCUT2D eigenvalue weighted by molar-refractivity contribution is -0.123. The maximum Gasteiger partial charge on any atom is 0.258 e. The molecule has 156 valence electrons. The third-order valence-electron chi connectivity index (χ3n) is 4.09. The van der Waals surface area contributed by atoms with Gasteiger partial charge in [0.05, 0.1) is 12.9 Å². The van der Waals surface area contributed by atoms with Gasteiger partial charge in [0.2, 0.25) is 10.0 Å². The molecule has 0 spiro atoms. The van der Waals surface area contributed by atoms with Gasteiger partial charge in [-0.25, -0.2) is 13.1 Å². The third kappa shape index (κ3) is 7.24. The summed E-state index contributed by atoms with van der Waals surface area (Å²) in [7, 11) is -0.376. The lowest BCUT2D eigenvalue weighted by Gasteiger charge is -2.12. The highest BCUT2D eigenvalue weighted by atomic mass is 32.2. The normalized spacial score (nSPS) is 11.4. The summed E-state index contributed by atoms with van der Waals surface area (Å²) < 4.78 is 36.3. The fourth-order valence-electron chi connectivity index (χ4n) is 2.54. The molecule has 8 heteroatoms. The molecule has 7 nitrogen and oxygen atoms in total. The second-order valence-electron chi connectivity index (χ2n) is 6.26. The first kappa shape index (κ1) is 22.4. The third-order valence-corrected chi connectivity index (χ3v) is 5.42. The summed E-state index contributed by atoms with van der Waals surface area (Å²) in [6.07, 6.45) is 3.87. The van der Waals surface area contributed by atoms with Crippen LogP contribution in [0.3, 0.4) is 0 Å². The molecule has 0 unspecified atom stereocenters. The van der Waals surface area contributed by atoms with E-state index in [4.69, 9.17) is 9.47 Å². The van der Waals surface area contributed by atoms with Crippen molar-refractivity contribution in [3.63, 3.8) is 0 Å². The average molecular weight is 419 g/mol. The molecule has 0 atom stereocenters. The minimum Gasteiger partial charge on any atom is -0.493 e. The zero-order valence-electron chi connectivity index (χ0n) is 16.8. The van der Waals surface area contributed by atoms with Gasteiger partial charge in [0.25, 0.3) is 5.91 Å². The maximum atomic E-state index is 12.1. The van der Waals surface area contributed by atoms with Gasteiger partial charge in [-0.15, -0.1) is 0 Å². The quantitative estimate of drug-likeness (QED) is 0.618. The lowest BCUT2D eigenvalue weighted by atomic mass is 10.1. The highest BCUT2D eigenvalue weighted by molar-refractivity contribution is 7.88. The molecular weight excluding hydrogens is 392 g/mol. The van der Waals surface area contributed by atoms with E-state index >= 15 is 0 Å². The number of methoxy groups -OCH3 is 1. The van der Waals surface area contributed by atoms with Crippen LogP contribution in [-0.4, -0.2) is 35.1 Å². The number of allylic oxidation sites excluding steroid dienone is 1. The zero-order chi connectivity index (χ0) is 21.3. The summed E-state index contributed by atoms with van der Waals surface area (Å²) in [5.41, 5.74) is 2.51. The second-order valence-corrected chi connectivity index (χ2v) is 8.18. The Balaban J connectivity index is 1.86. The monoisotopic (exact) mass is 418 g/mol. The minimum atomic E-state index is -3.31. The largest absolute Gasteiger partial charge is 0.493 e. The van der Waals surface area contributed by atoms with E-state index in [9.17, 15) is 13.2 Å². The molecule has 1 amide bonds. The molecule has 0 saturated heterocycles. The molecular formula is C21H26N2O5S. The summed E-state index contributed by atoms with van der Waals surface area (Å²) in [6.45, 7) is 2.11. The Morgan fingerprint density at radius 2 is 1.76 bits per heavy atom. The van der Waals surface area contributed by atoms with Crippen LogP contribution in [-0.2, 0) is 27.1 Å². The first-order chi connectivity index (χ1) is 13.9. The smallest absolute Gasteiger partial charge is 0.258 e. The van der Waals surface area contributed by atoms with Crippen LogP contribution in [0.25, 0.3) is 6.08 Å². The van der Waals surface area contributed by atoms with E-state index in [1.54, 1.807) is 37.4 Å². The van der Waals surface area contributed by atoms with E-state index < -0.39 is 10.0 Å². The molecule has 0 aliphatic carbocycles. The van der Waals surface area contributed by atoms with E-state index in [-0.39, 0.29) is 18.3 Å². The van der Waals surface area contributed by atoms with E-state index in [1.807, 2.05) is 31.2 Å². The highest BCUT2D eigenvalue weighted by Gasteiger charge is 2.10. The Morgan fingerprint density at radius 1 is 1.07 bits per heavy atom. The van der Waals surface area contributed by atoms with Gasteiger partial charge in [0.1, 0.15) is 0 Å². The van der Waals surface area contributed by atoms with Crippen LogP contribution < -0.4 is 19.5 Å². The van der Waals surface area contributed by atoms with Crippen LogP contribution in [0.5, 0.6) is 11.5 Å². The lowest BCUT2D eigenvalue weighted by Crippen LogP contribution is -2.28. The Hall–Kier alpha value is -2.84. The second kappa shape index (κ2) is 10.6. The Labute approximate surface area is 171 Å². The molecule has 0 heterocycles. The number of carbonyl (C=O) groups excluding carboxylic acids is 1. The fraction of sp³-hybridized carbons (Fsp3) is 0.286. The van der Waals surface area contributed by atoms with Crippen molar-refractivity contribution < 1.29 is 22.7 Å². The number of hydrogen-bond donors (Lipinski definition) is 2. The number of sulfonamides is 1.